The Morgan fingerprint density at radius 2 is 1.79 bits per heavy atom. The van der Waals surface area contributed by atoms with E-state index in [-0.39, 0.29) is 29.1 Å². The van der Waals surface area contributed by atoms with Crippen molar-refractivity contribution in [1.82, 2.24) is 5.32 Å². The van der Waals surface area contributed by atoms with E-state index in [4.69, 9.17) is 5.73 Å². The summed E-state index contributed by atoms with van der Waals surface area (Å²) in [6.07, 6.45) is 7.14. The van der Waals surface area contributed by atoms with Gasteiger partial charge in [0.1, 0.15) is 6.04 Å². The average Bonchev–Trinajstić information content (AvgIpc) is 2.64. The van der Waals surface area contributed by atoms with Crippen LogP contribution in [0.25, 0.3) is 0 Å². The molecule has 1 aromatic rings. The second-order valence-corrected chi connectivity index (χ2v) is 8.16. The third kappa shape index (κ3) is 8.41. The van der Waals surface area contributed by atoms with E-state index in [0.29, 0.717) is 18.0 Å². The number of benzene rings is 1. The molecule has 0 bridgehead atoms. The molecular weight excluding hydrogens is 391 g/mol. The van der Waals surface area contributed by atoms with E-state index in [2.05, 4.69) is 10.6 Å². The number of carbonyl (C=O) groups excluding carboxylic acids is 2. The summed E-state index contributed by atoms with van der Waals surface area (Å²) >= 11 is -0.195. The topological polar surface area (TPSA) is 84.2 Å². The monoisotopic (exact) mass is 417 g/mol. The first-order valence-electron chi connectivity index (χ1n) is 9.41. The predicted molar refractivity (Wildman–Crippen MR) is 104 cm³/mol. The highest BCUT2D eigenvalue weighted by Crippen LogP contribution is 2.37. The number of primary amides is 1. The fraction of sp³-hybridized carbons (Fsp3) is 0.579. The van der Waals surface area contributed by atoms with E-state index in [1.54, 1.807) is 0 Å². The highest BCUT2D eigenvalue weighted by Gasteiger charge is 2.29. The highest BCUT2D eigenvalue weighted by atomic mass is 32.2. The summed E-state index contributed by atoms with van der Waals surface area (Å²) in [6.45, 7) is 0.0657. The molecule has 4 N–H and O–H groups in total. The van der Waals surface area contributed by atoms with Gasteiger partial charge >= 0.3 is 5.51 Å². The molecule has 0 unspecified atom stereocenters. The van der Waals surface area contributed by atoms with Crippen molar-refractivity contribution in [3.8, 4) is 0 Å². The van der Waals surface area contributed by atoms with E-state index < -0.39 is 17.5 Å². The van der Waals surface area contributed by atoms with E-state index in [0.717, 1.165) is 19.3 Å². The maximum Gasteiger partial charge on any atom is 0.446 e. The number of hydrogen-bond donors (Lipinski definition) is 3. The van der Waals surface area contributed by atoms with Gasteiger partial charge in [-0.05, 0) is 48.4 Å². The Bertz CT molecular complexity index is 647. The lowest BCUT2D eigenvalue weighted by Gasteiger charge is -2.22. The molecule has 9 heteroatoms. The van der Waals surface area contributed by atoms with Gasteiger partial charge in [0.25, 0.3) is 0 Å². The molecule has 28 heavy (non-hydrogen) atoms. The van der Waals surface area contributed by atoms with Crippen LogP contribution in [0.1, 0.15) is 44.9 Å². The second-order valence-electron chi connectivity index (χ2n) is 7.02. The Labute approximate surface area is 167 Å². The lowest BCUT2D eigenvalue weighted by atomic mass is 9.86. The van der Waals surface area contributed by atoms with Crippen molar-refractivity contribution in [2.24, 2.45) is 11.7 Å². The van der Waals surface area contributed by atoms with Crippen LogP contribution < -0.4 is 16.4 Å². The quantitative estimate of drug-likeness (QED) is 0.530. The third-order valence-electron chi connectivity index (χ3n) is 4.78. The van der Waals surface area contributed by atoms with Gasteiger partial charge in [0.2, 0.25) is 11.8 Å². The summed E-state index contributed by atoms with van der Waals surface area (Å²) in [5.74, 6) is -0.311. The number of anilines is 1. The highest BCUT2D eigenvalue weighted by molar-refractivity contribution is 8.00. The van der Waals surface area contributed by atoms with Crippen molar-refractivity contribution in [3.63, 3.8) is 0 Å². The minimum atomic E-state index is -4.34. The van der Waals surface area contributed by atoms with Gasteiger partial charge in [0.05, 0.1) is 0 Å². The summed E-state index contributed by atoms with van der Waals surface area (Å²) in [7, 11) is 0. The molecule has 1 aliphatic carbocycles. The Balaban J connectivity index is 1.78. The number of nitrogens with one attached hydrogen (secondary N) is 2. The normalized spacial score (nSPS) is 16.4. The van der Waals surface area contributed by atoms with Crippen molar-refractivity contribution in [2.45, 2.75) is 61.4 Å². The van der Waals surface area contributed by atoms with Crippen LogP contribution >= 0.6 is 11.8 Å². The molecule has 2 amide bonds. The summed E-state index contributed by atoms with van der Waals surface area (Å²) in [4.78, 5) is 23.8. The van der Waals surface area contributed by atoms with Crippen molar-refractivity contribution in [3.05, 3.63) is 24.3 Å². The summed E-state index contributed by atoms with van der Waals surface area (Å²) in [5.41, 5.74) is 1.56. The van der Waals surface area contributed by atoms with Crippen molar-refractivity contribution < 1.29 is 22.8 Å². The van der Waals surface area contributed by atoms with Crippen LogP contribution in [0.4, 0.5) is 18.9 Å². The van der Waals surface area contributed by atoms with Crippen LogP contribution in [0, 0.1) is 5.92 Å². The minimum Gasteiger partial charge on any atom is -0.382 e. The zero-order valence-corrected chi connectivity index (χ0v) is 16.4. The molecule has 1 aromatic carbocycles. The van der Waals surface area contributed by atoms with Crippen LogP contribution in [-0.4, -0.2) is 29.9 Å². The number of rotatable bonds is 9. The SMILES string of the molecule is NC(=O)[C@H](CNc1ccc(SC(F)(F)F)cc1)NC(=O)CCC1CCCCC1. The van der Waals surface area contributed by atoms with E-state index in [1.165, 1.54) is 43.5 Å². The van der Waals surface area contributed by atoms with Gasteiger partial charge in [-0.1, -0.05) is 32.1 Å². The standard InChI is InChI=1S/C19H26F3N3O2S/c20-19(21,22)28-15-9-7-14(8-10-15)24-12-16(18(23)27)25-17(26)11-6-13-4-2-1-3-5-13/h7-10,13,16,24H,1-6,11-12H2,(H2,23,27)(H,25,26)/t16-/m0/s1. The zero-order valence-electron chi connectivity index (χ0n) is 15.6. The van der Waals surface area contributed by atoms with Crippen molar-refractivity contribution in [1.29, 1.82) is 0 Å². The Hall–Kier alpha value is -1.90. The van der Waals surface area contributed by atoms with Crippen LogP contribution in [0.2, 0.25) is 0 Å². The molecule has 156 valence electrons. The van der Waals surface area contributed by atoms with Crippen molar-refractivity contribution >= 4 is 29.3 Å². The maximum atomic E-state index is 12.3. The fourth-order valence-corrected chi connectivity index (χ4v) is 3.83. The van der Waals surface area contributed by atoms with Crippen molar-refractivity contribution in [2.75, 3.05) is 11.9 Å². The largest absolute Gasteiger partial charge is 0.446 e. The molecule has 0 saturated heterocycles. The molecule has 5 nitrogen and oxygen atoms in total. The van der Waals surface area contributed by atoms with Crippen LogP contribution in [0.5, 0.6) is 0 Å². The smallest absolute Gasteiger partial charge is 0.382 e. The van der Waals surface area contributed by atoms with Crippen LogP contribution in [0.15, 0.2) is 29.2 Å². The molecule has 1 atom stereocenters. The number of carbonyl (C=O) groups is 2. The van der Waals surface area contributed by atoms with Crippen LogP contribution in [0.3, 0.4) is 0 Å². The van der Waals surface area contributed by atoms with Gasteiger partial charge in [-0.2, -0.15) is 13.2 Å². The number of nitrogens with two attached hydrogens (primary N) is 1. The summed E-state index contributed by atoms with van der Waals surface area (Å²) in [6, 6.07) is 4.75. The average molecular weight is 417 g/mol. The van der Waals surface area contributed by atoms with Gasteiger partial charge in [-0.25, -0.2) is 0 Å². The van der Waals surface area contributed by atoms with E-state index in [1.807, 2.05) is 0 Å². The predicted octanol–water partition coefficient (Wildman–Crippen LogP) is 4.04. The Morgan fingerprint density at radius 1 is 1.14 bits per heavy atom. The first-order valence-corrected chi connectivity index (χ1v) is 10.2. The maximum absolute atomic E-state index is 12.3. The fourth-order valence-electron chi connectivity index (χ4n) is 3.29. The third-order valence-corrected chi connectivity index (χ3v) is 5.52. The van der Waals surface area contributed by atoms with E-state index >= 15 is 0 Å². The lowest BCUT2D eigenvalue weighted by molar-refractivity contribution is -0.127. The van der Waals surface area contributed by atoms with Gasteiger partial charge in [0.15, 0.2) is 0 Å². The molecule has 1 saturated carbocycles. The zero-order chi connectivity index (χ0) is 20.6. The second kappa shape index (κ2) is 10.6. The molecule has 0 spiro atoms. The molecule has 0 aliphatic heterocycles. The molecule has 1 aliphatic rings. The summed E-state index contributed by atoms with van der Waals surface area (Å²) in [5, 5.41) is 5.56. The van der Waals surface area contributed by atoms with Crippen LogP contribution in [-0.2, 0) is 9.59 Å². The first kappa shape index (κ1) is 22.4. The number of alkyl halides is 3. The molecule has 0 heterocycles. The lowest BCUT2D eigenvalue weighted by Crippen LogP contribution is -2.48. The Kier molecular flexibility index (Phi) is 8.47. The molecule has 0 radical (unpaired) electrons. The molecular formula is C19H26F3N3O2S. The Morgan fingerprint density at radius 3 is 2.36 bits per heavy atom. The molecule has 1 fully saturated rings. The van der Waals surface area contributed by atoms with Gasteiger partial charge in [-0.3, -0.25) is 9.59 Å². The number of amides is 2. The molecule has 2 rings (SSSR count). The van der Waals surface area contributed by atoms with Gasteiger partial charge in [0, 0.05) is 23.5 Å². The first-order chi connectivity index (χ1) is 13.2. The minimum absolute atomic E-state index is 0.0657. The van der Waals surface area contributed by atoms with Gasteiger partial charge < -0.3 is 16.4 Å². The summed E-state index contributed by atoms with van der Waals surface area (Å²) < 4.78 is 37.0. The number of hydrogen-bond acceptors (Lipinski definition) is 4. The van der Waals surface area contributed by atoms with E-state index in [9.17, 15) is 22.8 Å². The number of halogens is 3. The number of thioether (sulfide) groups is 1. The molecule has 0 aromatic heterocycles. The van der Waals surface area contributed by atoms with Gasteiger partial charge in [-0.15, -0.1) is 0 Å².